The van der Waals surface area contributed by atoms with Crippen LogP contribution in [0, 0.1) is 6.92 Å². The second kappa shape index (κ2) is 4.90. The summed E-state index contributed by atoms with van der Waals surface area (Å²) in [6.07, 6.45) is 1.60. The average molecular weight is 267 g/mol. The highest BCUT2D eigenvalue weighted by Gasteiger charge is 2.08. The van der Waals surface area contributed by atoms with E-state index in [1.165, 1.54) is 0 Å². The van der Waals surface area contributed by atoms with Crippen LogP contribution in [0.15, 0.2) is 58.7 Å². The third-order valence-electron chi connectivity index (χ3n) is 3.04. The van der Waals surface area contributed by atoms with E-state index in [0.717, 1.165) is 32.1 Å². The second-order valence-electron chi connectivity index (χ2n) is 4.27. The van der Waals surface area contributed by atoms with Gasteiger partial charge in [-0.2, -0.15) is 0 Å². The molecule has 3 rings (SSSR count). The molecule has 1 heterocycles. The lowest BCUT2D eigenvalue weighted by Gasteiger charge is -2.08. The molecule has 0 bridgehead atoms. The van der Waals surface area contributed by atoms with E-state index in [0.29, 0.717) is 0 Å². The molecule has 19 heavy (non-hydrogen) atoms. The van der Waals surface area contributed by atoms with Crippen molar-refractivity contribution in [1.82, 2.24) is 9.97 Å². The maximum absolute atomic E-state index is 5.94. The molecule has 94 valence electrons. The number of hydrogen-bond donors (Lipinski definition) is 1. The van der Waals surface area contributed by atoms with Crippen molar-refractivity contribution < 1.29 is 0 Å². The summed E-state index contributed by atoms with van der Waals surface area (Å²) in [6.45, 7) is 2.03. The number of hydrogen-bond acceptors (Lipinski definition) is 4. The Kier molecular flexibility index (Phi) is 3.09. The number of para-hydroxylation sites is 1. The Morgan fingerprint density at radius 2 is 1.84 bits per heavy atom. The first kappa shape index (κ1) is 12.0. The fourth-order valence-corrected chi connectivity index (χ4v) is 2.92. The molecule has 0 amide bonds. The predicted octanol–water partition coefficient (Wildman–Crippen LogP) is 3.67. The predicted molar refractivity (Wildman–Crippen MR) is 79.3 cm³/mol. The van der Waals surface area contributed by atoms with E-state index in [4.69, 9.17) is 5.73 Å². The highest BCUT2D eigenvalue weighted by molar-refractivity contribution is 7.99. The zero-order chi connectivity index (χ0) is 13.2. The summed E-state index contributed by atoms with van der Waals surface area (Å²) in [6, 6.07) is 14.0. The van der Waals surface area contributed by atoms with Gasteiger partial charge in [0.25, 0.3) is 0 Å². The fourth-order valence-electron chi connectivity index (χ4n) is 1.91. The summed E-state index contributed by atoms with van der Waals surface area (Å²) in [7, 11) is 0. The Bertz CT molecular complexity index is 735. The number of fused-ring (bicyclic) bond motifs is 1. The van der Waals surface area contributed by atoms with Crippen LogP contribution in [0.4, 0.5) is 5.69 Å². The van der Waals surface area contributed by atoms with Crippen LogP contribution in [0.25, 0.3) is 10.9 Å². The van der Waals surface area contributed by atoms with Gasteiger partial charge in [0.15, 0.2) is 0 Å². The van der Waals surface area contributed by atoms with E-state index in [1.807, 2.05) is 43.3 Å². The van der Waals surface area contributed by atoms with Crippen LogP contribution in [0.2, 0.25) is 0 Å². The number of nitrogens with zero attached hydrogens (tertiary/aromatic N) is 2. The Hall–Kier alpha value is -2.07. The lowest BCUT2D eigenvalue weighted by atomic mass is 10.2. The topological polar surface area (TPSA) is 51.8 Å². The van der Waals surface area contributed by atoms with Crippen molar-refractivity contribution in [2.75, 3.05) is 5.73 Å². The van der Waals surface area contributed by atoms with Gasteiger partial charge in [0.05, 0.1) is 5.52 Å². The van der Waals surface area contributed by atoms with Gasteiger partial charge < -0.3 is 5.73 Å². The van der Waals surface area contributed by atoms with Crippen LogP contribution in [-0.2, 0) is 0 Å². The van der Waals surface area contributed by atoms with Crippen LogP contribution in [-0.4, -0.2) is 9.97 Å². The van der Waals surface area contributed by atoms with E-state index in [9.17, 15) is 0 Å². The largest absolute Gasteiger partial charge is 0.398 e. The Morgan fingerprint density at radius 3 is 2.74 bits per heavy atom. The van der Waals surface area contributed by atoms with Crippen LogP contribution >= 0.6 is 11.8 Å². The summed E-state index contributed by atoms with van der Waals surface area (Å²) in [5, 5.41) is 2.02. The Labute approximate surface area is 115 Å². The lowest BCUT2D eigenvalue weighted by molar-refractivity contribution is 1.10. The fraction of sp³-hybridized carbons (Fsp3) is 0.0667. The molecule has 0 fully saturated rings. The molecule has 3 nitrogen and oxygen atoms in total. The summed E-state index contributed by atoms with van der Waals surface area (Å²) in [4.78, 5) is 9.79. The molecule has 0 aliphatic heterocycles. The quantitative estimate of drug-likeness (QED) is 0.568. The summed E-state index contributed by atoms with van der Waals surface area (Å²) in [5.41, 5.74) is 8.80. The van der Waals surface area contributed by atoms with Crippen molar-refractivity contribution in [3.63, 3.8) is 0 Å². The molecule has 4 heteroatoms. The number of nitrogen functional groups attached to an aromatic ring is 1. The molecule has 0 radical (unpaired) electrons. The minimum Gasteiger partial charge on any atom is -0.398 e. The van der Waals surface area contributed by atoms with Gasteiger partial charge in [0.1, 0.15) is 11.4 Å². The van der Waals surface area contributed by atoms with E-state index in [1.54, 1.807) is 18.1 Å². The molecule has 0 aliphatic rings. The molecule has 2 N–H and O–H groups in total. The van der Waals surface area contributed by atoms with Gasteiger partial charge in [-0.15, -0.1) is 0 Å². The summed E-state index contributed by atoms with van der Waals surface area (Å²) >= 11 is 1.63. The van der Waals surface area contributed by atoms with E-state index < -0.39 is 0 Å². The third-order valence-corrected chi connectivity index (χ3v) is 4.22. The Balaban J connectivity index is 2.09. The van der Waals surface area contributed by atoms with Gasteiger partial charge in [0, 0.05) is 16.0 Å². The molecule has 0 saturated heterocycles. The normalized spacial score (nSPS) is 10.8. The van der Waals surface area contributed by atoms with Gasteiger partial charge in [-0.3, -0.25) is 0 Å². The van der Waals surface area contributed by atoms with Crippen molar-refractivity contribution in [1.29, 1.82) is 0 Å². The first-order valence-corrected chi connectivity index (χ1v) is 6.80. The van der Waals surface area contributed by atoms with Gasteiger partial charge in [0.2, 0.25) is 0 Å². The molecule has 0 spiro atoms. The summed E-state index contributed by atoms with van der Waals surface area (Å²) < 4.78 is 0. The lowest BCUT2D eigenvalue weighted by Crippen LogP contribution is -1.92. The number of anilines is 1. The molecule has 1 aromatic heterocycles. The van der Waals surface area contributed by atoms with Crippen molar-refractivity contribution >= 4 is 28.4 Å². The van der Waals surface area contributed by atoms with Gasteiger partial charge in [-0.05, 0) is 30.7 Å². The first-order valence-electron chi connectivity index (χ1n) is 5.98. The number of rotatable bonds is 2. The average Bonchev–Trinajstić information content (AvgIpc) is 2.44. The number of aromatic nitrogens is 2. The Morgan fingerprint density at radius 1 is 1.00 bits per heavy atom. The molecular formula is C15H13N3S. The minimum absolute atomic E-state index is 0.809. The van der Waals surface area contributed by atoms with Gasteiger partial charge >= 0.3 is 0 Å². The van der Waals surface area contributed by atoms with Gasteiger partial charge in [-0.1, -0.05) is 36.0 Å². The van der Waals surface area contributed by atoms with Crippen LogP contribution < -0.4 is 5.73 Å². The molecule has 0 unspecified atom stereocenters. The second-order valence-corrected chi connectivity index (χ2v) is 5.30. The summed E-state index contributed by atoms with van der Waals surface area (Å²) in [5.74, 6) is 0. The van der Waals surface area contributed by atoms with Crippen LogP contribution in [0.5, 0.6) is 0 Å². The van der Waals surface area contributed by atoms with Crippen LogP contribution in [0.1, 0.15) is 5.56 Å². The maximum Gasteiger partial charge on any atom is 0.117 e. The van der Waals surface area contributed by atoms with E-state index in [-0.39, 0.29) is 0 Å². The van der Waals surface area contributed by atoms with E-state index in [2.05, 4.69) is 16.0 Å². The van der Waals surface area contributed by atoms with Crippen LogP contribution in [0.3, 0.4) is 0 Å². The maximum atomic E-state index is 5.94. The third kappa shape index (κ3) is 2.27. The smallest absolute Gasteiger partial charge is 0.117 e. The van der Waals surface area contributed by atoms with Crippen molar-refractivity contribution in [2.24, 2.45) is 0 Å². The number of benzene rings is 2. The zero-order valence-corrected chi connectivity index (χ0v) is 11.3. The highest BCUT2D eigenvalue weighted by atomic mass is 32.2. The minimum atomic E-state index is 0.809. The van der Waals surface area contributed by atoms with Crippen molar-refractivity contribution in [2.45, 2.75) is 16.8 Å². The first-order chi connectivity index (χ1) is 9.25. The molecule has 2 aromatic carbocycles. The zero-order valence-electron chi connectivity index (χ0n) is 10.5. The van der Waals surface area contributed by atoms with Gasteiger partial charge in [-0.25, -0.2) is 9.97 Å². The number of nitrogens with two attached hydrogens (primary N) is 1. The van der Waals surface area contributed by atoms with E-state index >= 15 is 0 Å². The van der Waals surface area contributed by atoms with Crippen molar-refractivity contribution in [3.05, 3.63) is 54.4 Å². The molecule has 3 aromatic rings. The van der Waals surface area contributed by atoms with Crippen molar-refractivity contribution in [3.8, 4) is 0 Å². The molecular weight excluding hydrogens is 254 g/mol. The standard InChI is InChI=1S/C15H13N3S/c1-10-12(16)6-4-8-14(10)19-15-11-5-2-3-7-13(11)17-9-18-15/h2-9H,16H2,1H3. The SMILES string of the molecule is Cc1c(N)cccc1Sc1ncnc2ccccc12. The molecule has 0 aliphatic carbocycles. The monoisotopic (exact) mass is 267 g/mol. The molecule has 0 saturated carbocycles. The molecule has 0 atom stereocenters. The highest BCUT2D eigenvalue weighted by Crippen LogP contribution is 2.34.